The van der Waals surface area contributed by atoms with Crippen molar-refractivity contribution in [3.05, 3.63) is 33.3 Å². The molecule has 0 saturated carbocycles. The van der Waals surface area contributed by atoms with Crippen molar-refractivity contribution in [3.8, 4) is 0 Å². The Morgan fingerprint density at radius 1 is 1.12 bits per heavy atom. The van der Waals surface area contributed by atoms with Crippen LogP contribution in [0, 0.1) is 13.8 Å². The number of hydrogen-bond acceptors (Lipinski definition) is 3. The van der Waals surface area contributed by atoms with Crippen LogP contribution in [0.15, 0.2) is 16.6 Å². The summed E-state index contributed by atoms with van der Waals surface area (Å²) < 4.78 is 1.03. The average Bonchev–Trinajstić information content (AvgIpc) is 2.91. The maximum atomic E-state index is 12.6. The summed E-state index contributed by atoms with van der Waals surface area (Å²) in [6, 6.07) is 4.16. The summed E-state index contributed by atoms with van der Waals surface area (Å²) in [5.74, 6) is 0.242. The Morgan fingerprint density at radius 3 is 2.40 bits per heavy atom. The lowest BCUT2D eigenvalue weighted by Gasteiger charge is -2.35. The van der Waals surface area contributed by atoms with Crippen molar-refractivity contribution >= 4 is 27.7 Å². The molecule has 2 amide bonds. The Bertz CT molecular complexity index is 683. The number of benzene rings is 1. The zero-order valence-electron chi connectivity index (χ0n) is 15.1. The Labute approximate surface area is 157 Å². The first-order chi connectivity index (χ1) is 11.9. The molecule has 5 nitrogen and oxygen atoms in total. The van der Waals surface area contributed by atoms with E-state index in [0.717, 1.165) is 60.1 Å². The van der Waals surface area contributed by atoms with Gasteiger partial charge >= 0.3 is 0 Å². The maximum absolute atomic E-state index is 12.6. The summed E-state index contributed by atoms with van der Waals surface area (Å²) in [4.78, 5) is 28.9. The van der Waals surface area contributed by atoms with E-state index < -0.39 is 0 Å². The number of aryl methyl sites for hydroxylation is 2. The molecule has 2 fully saturated rings. The predicted octanol–water partition coefficient (Wildman–Crippen LogP) is 2.49. The number of nitrogens with zero attached hydrogens (tertiary/aromatic N) is 2. The average molecular weight is 408 g/mol. The van der Waals surface area contributed by atoms with Crippen molar-refractivity contribution in [2.45, 2.75) is 45.2 Å². The van der Waals surface area contributed by atoms with E-state index in [2.05, 4.69) is 26.1 Å². The minimum absolute atomic E-state index is 0.00299. The van der Waals surface area contributed by atoms with Gasteiger partial charge in [-0.25, -0.2) is 0 Å². The number of piperidine rings is 1. The third kappa shape index (κ3) is 3.90. The van der Waals surface area contributed by atoms with E-state index in [1.165, 1.54) is 0 Å². The monoisotopic (exact) mass is 407 g/mol. The number of likely N-dealkylation sites (N-methyl/N-ethyl adjacent to an activating group) is 1. The lowest BCUT2D eigenvalue weighted by molar-refractivity contribution is -0.131. The summed E-state index contributed by atoms with van der Waals surface area (Å²) in [6.45, 7) is 6.54. The Hall–Kier alpha value is -1.40. The molecule has 2 heterocycles. The lowest BCUT2D eigenvalue weighted by atomic mass is 10.0. The fourth-order valence-electron chi connectivity index (χ4n) is 3.79. The van der Waals surface area contributed by atoms with Crippen LogP contribution in [0.25, 0.3) is 0 Å². The fourth-order valence-corrected chi connectivity index (χ4v) is 4.24. The van der Waals surface area contributed by atoms with Gasteiger partial charge in [0.15, 0.2) is 0 Å². The van der Waals surface area contributed by atoms with Gasteiger partial charge in [-0.2, -0.15) is 0 Å². The van der Waals surface area contributed by atoms with Gasteiger partial charge < -0.3 is 10.2 Å². The minimum atomic E-state index is 0.00299. The fraction of sp³-hybridized carbons (Fsp3) is 0.579. The van der Waals surface area contributed by atoms with Gasteiger partial charge in [0, 0.05) is 42.8 Å². The Morgan fingerprint density at radius 2 is 1.80 bits per heavy atom. The number of halogens is 1. The highest BCUT2D eigenvalue weighted by Crippen LogP contribution is 2.23. The van der Waals surface area contributed by atoms with E-state index in [0.29, 0.717) is 0 Å². The van der Waals surface area contributed by atoms with Crippen LogP contribution in [0.4, 0.5) is 0 Å². The van der Waals surface area contributed by atoms with Crippen molar-refractivity contribution in [1.82, 2.24) is 15.1 Å². The zero-order valence-corrected chi connectivity index (χ0v) is 16.7. The van der Waals surface area contributed by atoms with Gasteiger partial charge in [-0.05, 0) is 56.4 Å². The highest BCUT2D eigenvalue weighted by Gasteiger charge is 2.35. The van der Waals surface area contributed by atoms with Crippen molar-refractivity contribution in [3.63, 3.8) is 0 Å². The van der Waals surface area contributed by atoms with Gasteiger partial charge in [0.05, 0.1) is 6.04 Å². The molecule has 2 aliphatic heterocycles. The third-order valence-corrected chi connectivity index (χ3v) is 6.31. The van der Waals surface area contributed by atoms with Gasteiger partial charge in [0.1, 0.15) is 0 Å². The molecule has 3 rings (SSSR count). The molecule has 1 unspecified atom stereocenters. The number of amides is 2. The van der Waals surface area contributed by atoms with Crippen LogP contribution in [0.1, 0.15) is 40.7 Å². The van der Waals surface area contributed by atoms with E-state index in [4.69, 9.17) is 0 Å². The highest BCUT2D eigenvalue weighted by atomic mass is 79.9. The molecular formula is C19H26BrN3O2. The van der Waals surface area contributed by atoms with Crippen LogP contribution < -0.4 is 5.32 Å². The van der Waals surface area contributed by atoms with Crippen molar-refractivity contribution < 1.29 is 9.59 Å². The van der Waals surface area contributed by atoms with Crippen LogP contribution in [0.2, 0.25) is 0 Å². The topological polar surface area (TPSA) is 52.7 Å². The molecule has 1 aromatic carbocycles. The molecular weight excluding hydrogens is 382 g/mol. The van der Waals surface area contributed by atoms with Crippen molar-refractivity contribution in [1.29, 1.82) is 0 Å². The number of carbonyl (C=O) groups excluding carboxylic acids is 2. The molecule has 0 bridgehead atoms. The van der Waals surface area contributed by atoms with Gasteiger partial charge in [-0.1, -0.05) is 15.9 Å². The number of likely N-dealkylation sites (tertiary alicyclic amines) is 2. The maximum Gasteiger partial charge on any atom is 0.251 e. The summed E-state index contributed by atoms with van der Waals surface area (Å²) in [7, 11) is 1.87. The molecule has 0 aromatic heterocycles. The van der Waals surface area contributed by atoms with Crippen LogP contribution in [0.3, 0.4) is 0 Å². The molecule has 1 atom stereocenters. The number of carbonyl (C=O) groups is 2. The highest BCUT2D eigenvalue weighted by molar-refractivity contribution is 9.10. The smallest absolute Gasteiger partial charge is 0.251 e. The van der Waals surface area contributed by atoms with Gasteiger partial charge in [0.2, 0.25) is 5.91 Å². The SMILES string of the molecule is Cc1cc(C(=O)NC2CCN(C3CCN(C)C3=O)CC2)c(C)cc1Br. The van der Waals surface area contributed by atoms with Crippen LogP contribution >= 0.6 is 15.9 Å². The van der Waals surface area contributed by atoms with Gasteiger partial charge in [-0.15, -0.1) is 0 Å². The summed E-state index contributed by atoms with van der Waals surface area (Å²) >= 11 is 3.51. The molecule has 2 aliphatic rings. The third-order valence-electron chi connectivity index (χ3n) is 5.46. The summed E-state index contributed by atoms with van der Waals surface area (Å²) in [5, 5.41) is 3.18. The molecule has 0 radical (unpaired) electrons. The van der Waals surface area contributed by atoms with Crippen LogP contribution in [-0.2, 0) is 4.79 Å². The second-order valence-corrected chi connectivity index (χ2v) is 8.12. The standard InChI is InChI=1S/C19H26BrN3O2/c1-12-11-16(20)13(2)10-15(12)18(24)21-14-4-8-23(9-5-14)17-6-7-22(3)19(17)25/h10-11,14,17H,4-9H2,1-3H3,(H,21,24). The van der Waals surface area contributed by atoms with E-state index in [-0.39, 0.29) is 23.9 Å². The van der Waals surface area contributed by atoms with Crippen molar-refractivity contribution in [2.75, 3.05) is 26.7 Å². The Kier molecular flexibility index (Phi) is 5.49. The molecule has 1 aromatic rings. The van der Waals surface area contributed by atoms with E-state index in [1.807, 2.05) is 37.9 Å². The van der Waals surface area contributed by atoms with E-state index >= 15 is 0 Å². The number of nitrogens with one attached hydrogen (secondary N) is 1. The first-order valence-electron chi connectivity index (χ1n) is 8.93. The quantitative estimate of drug-likeness (QED) is 0.836. The molecule has 0 spiro atoms. The van der Waals surface area contributed by atoms with Crippen LogP contribution in [-0.4, -0.2) is 60.4 Å². The normalized spacial score (nSPS) is 22.5. The van der Waals surface area contributed by atoms with Gasteiger partial charge in [-0.3, -0.25) is 14.5 Å². The lowest BCUT2D eigenvalue weighted by Crippen LogP contribution is -2.50. The zero-order chi connectivity index (χ0) is 18.1. The predicted molar refractivity (Wildman–Crippen MR) is 102 cm³/mol. The second-order valence-electron chi connectivity index (χ2n) is 7.26. The minimum Gasteiger partial charge on any atom is -0.349 e. The largest absolute Gasteiger partial charge is 0.349 e. The first-order valence-corrected chi connectivity index (χ1v) is 9.72. The van der Waals surface area contributed by atoms with Crippen molar-refractivity contribution in [2.24, 2.45) is 0 Å². The number of rotatable bonds is 3. The van der Waals surface area contributed by atoms with E-state index in [1.54, 1.807) is 0 Å². The van der Waals surface area contributed by atoms with Gasteiger partial charge in [0.25, 0.3) is 5.91 Å². The summed E-state index contributed by atoms with van der Waals surface area (Å²) in [6.07, 6.45) is 2.71. The van der Waals surface area contributed by atoms with E-state index in [9.17, 15) is 9.59 Å². The molecule has 0 aliphatic carbocycles. The molecule has 2 saturated heterocycles. The molecule has 1 N–H and O–H groups in total. The molecule has 136 valence electrons. The Balaban J connectivity index is 1.56. The van der Waals surface area contributed by atoms with Crippen LogP contribution in [0.5, 0.6) is 0 Å². The molecule has 6 heteroatoms. The second kappa shape index (κ2) is 7.46. The summed E-state index contributed by atoms with van der Waals surface area (Å²) in [5.41, 5.74) is 2.79. The first kappa shape index (κ1) is 18.4. The molecule has 25 heavy (non-hydrogen) atoms. The number of hydrogen-bond donors (Lipinski definition) is 1.